The second-order valence-corrected chi connectivity index (χ2v) is 6.12. The van der Waals surface area contributed by atoms with Crippen LogP contribution in [0.25, 0.3) is 0 Å². The van der Waals surface area contributed by atoms with Crippen molar-refractivity contribution in [1.82, 2.24) is 14.9 Å². The summed E-state index contributed by atoms with van der Waals surface area (Å²) in [6.07, 6.45) is 1.70. The van der Waals surface area contributed by atoms with E-state index >= 15 is 0 Å². The molecule has 0 aliphatic heterocycles. The van der Waals surface area contributed by atoms with Gasteiger partial charge in [0.25, 0.3) is 0 Å². The van der Waals surface area contributed by atoms with Crippen LogP contribution in [0.1, 0.15) is 31.7 Å². The number of aryl methyl sites for hydroxylation is 1. The third-order valence-corrected chi connectivity index (χ3v) is 4.33. The minimum atomic E-state index is 0.525. The fourth-order valence-corrected chi connectivity index (χ4v) is 2.83. The number of benzene rings is 1. The number of nitrogens with one attached hydrogen (secondary N) is 2. The number of rotatable bonds is 8. The molecule has 2 rings (SSSR count). The first-order chi connectivity index (χ1) is 11.1. The van der Waals surface area contributed by atoms with Gasteiger partial charge in [0.05, 0.1) is 20.3 Å². The molecule has 0 saturated carbocycles. The van der Waals surface area contributed by atoms with E-state index in [0.717, 1.165) is 34.5 Å². The van der Waals surface area contributed by atoms with Crippen molar-refractivity contribution in [2.75, 3.05) is 19.1 Å². The lowest BCUT2D eigenvalue weighted by Gasteiger charge is -2.17. The molecule has 1 aromatic carbocycles. The topological polar surface area (TPSA) is 64.1 Å². The van der Waals surface area contributed by atoms with Gasteiger partial charge in [0.2, 0.25) is 4.77 Å². The van der Waals surface area contributed by atoms with Gasteiger partial charge < -0.3 is 14.9 Å². The summed E-state index contributed by atoms with van der Waals surface area (Å²) in [5.41, 5.74) is 4.27. The molecular weight excluding hydrogens is 380 g/mol. The number of halogens is 1. The standard InChI is InChI=1S/C15H21BrN4O2S/c1-4-8-22-14-10(11(16)6-7-12(14)21-3)9-17-20-13(5-2)18-19-15(20)23/h6-7,17H,4-5,8-9H2,1-3H3,(H,19,23). The maximum absolute atomic E-state index is 5.89. The summed E-state index contributed by atoms with van der Waals surface area (Å²) in [4.78, 5) is 0. The molecule has 6 nitrogen and oxygen atoms in total. The third kappa shape index (κ3) is 4.06. The Balaban J connectivity index is 2.30. The van der Waals surface area contributed by atoms with Crippen LogP contribution >= 0.6 is 28.1 Å². The van der Waals surface area contributed by atoms with Gasteiger partial charge in [-0.2, -0.15) is 5.10 Å². The zero-order valence-corrected chi connectivity index (χ0v) is 15.9. The van der Waals surface area contributed by atoms with Crippen molar-refractivity contribution in [3.8, 4) is 11.5 Å². The van der Waals surface area contributed by atoms with Crippen LogP contribution in [0.2, 0.25) is 0 Å². The number of hydrogen-bond acceptors (Lipinski definition) is 5. The van der Waals surface area contributed by atoms with Crippen molar-refractivity contribution < 1.29 is 9.47 Å². The van der Waals surface area contributed by atoms with Crippen LogP contribution in [0, 0.1) is 4.77 Å². The number of aromatic amines is 1. The fraction of sp³-hybridized carbons (Fsp3) is 0.467. The van der Waals surface area contributed by atoms with E-state index in [0.29, 0.717) is 23.7 Å². The van der Waals surface area contributed by atoms with Crippen molar-refractivity contribution in [3.05, 3.63) is 32.8 Å². The van der Waals surface area contributed by atoms with E-state index in [1.165, 1.54) is 0 Å². The molecule has 0 atom stereocenters. The lowest BCUT2D eigenvalue weighted by Crippen LogP contribution is -2.18. The maximum atomic E-state index is 5.89. The van der Waals surface area contributed by atoms with Gasteiger partial charge in [-0.15, -0.1) is 0 Å². The molecule has 126 valence electrons. The molecule has 1 heterocycles. The average molecular weight is 401 g/mol. The SMILES string of the molecule is CCCOc1c(OC)ccc(Br)c1CNn1c(CC)n[nH]c1=S. The molecule has 2 N–H and O–H groups in total. The van der Waals surface area contributed by atoms with E-state index in [1.54, 1.807) is 11.8 Å². The van der Waals surface area contributed by atoms with E-state index in [4.69, 9.17) is 21.7 Å². The minimum absolute atomic E-state index is 0.525. The van der Waals surface area contributed by atoms with Gasteiger partial charge in [0.1, 0.15) is 0 Å². The monoisotopic (exact) mass is 400 g/mol. The number of H-pyrrole nitrogens is 1. The quantitative estimate of drug-likeness (QED) is 0.659. The number of methoxy groups -OCH3 is 1. The van der Waals surface area contributed by atoms with Gasteiger partial charge in [0.15, 0.2) is 17.3 Å². The molecule has 0 aliphatic carbocycles. The molecule has 0 fully saturated rings. The van der Waals surface area contributed by atoms with Crippen LogP contribution in [-0.2, 0) is 13.0 Å². The average Bonchev–Trinajstić information content (AvgIpc) is 2.92. The smallest absolute Gasteiger partial charge is 0.214 e. The van der Waals surface area contributed by atoms with Gasteiger partial charge in [0, 0.05) is 16.5 Å². The second-order valence-electron chi connectivity index (χ2n) is 4.87. The summed E-state index contributed by atoms with van der Waals surface area (Å²) in [6, 6.07) is 3.84. The highest BCUT2D eigenvalue weighted by molar-refractivity contribution is 9.10. The van der Waals surface area contributed by atoms with Crippen LogP contribution in [0.5, 0.6) is 11.5 Å². The largest absolute Gasteiger partial charge is 0.493 e. The van der Waals surface area contributed by atoms with E-state index < -0.39 is 0 Å². The summed E-state index contributed by atoms with van der Waals surface area (Å²) in [5.74, 6) is 2.30. The van der Waals surface area contributed by atoms with E-state index in [2.05, 4.69) is 38.5 Å². The van der Waals surface area contributed by atoms with Gasteiger partial charge in [-0.05, 0) is 30.8 Å². The Hall–Kier alpha value is -1.54. The Morgan fingerprint density at radius 1 is 1.39 bits per heavy atom. The van der Waals surface area contributed by atoms with Crippen LogP contribution < -0.4 is 14.9 Å². The summed E-state index contributed by atoms with van der Waals surface area (Å²) in [6.45, 7) is 5.25. The Kier molecular flexibility index (Phi) is 6.47. The van der Waals surface area contributed by atoms with Crippen LogP contribution in [0.15, 0.2) is 16.6 Å². The predicted molar refractivity (Wildman–Crippen MR) is 96.3 cm³/mol. The number of ether oxygens (including phenoxy) is 2. The molecule has 0 unspecified atom stereocenters. The van der Waals surface area contributed by atoms with Crippen molar-refractivity contribution in [2.24, 2.45) is 0 Å². The minimum Gasteiger partial charge on any atom is -0.493 e. The number of hydrogen-bond donors (Lipinski definition) is 2. The van der Waals surface area contributed by atoms with Crippen LogP contribution in [0.3, 0.4) is 0 Å². The lowest BCUT2D eigenvalue weighted by atomic mass is 10.2. The summed E-state index contributed by atoms with van der Waals surface area (Å²) >= 11 is 8.84. The van der Waals surface area contributed by atoms with Crippen molar-refractivity contribution in [2.45, 2.75) is 33.2 Å². The molecule has 0 aliphatic rings. The first-order valence-corrected chi connectivity index (χ1v) is 8.70. The van der Waals surface area contributed by atoms with Gasteiger partial charge in [-0.25, -0.2) is 4.68 Å². The molecular formula is C15H21BrN4O2S. The maximum Gasteiger partial charge on any atom is 0.214 e. The Bertz CT molecular complexity index is 714. The molecule has 0 saturated heterocycles. The Morgan fingerprint density at radius 3 is 2.83 bits per heavy atom. The summed E-state index contributed by atoms with van der Waals surface area (Å²) in [5, 5.41) is 6.99. The molecule has 0 amide bonds. The number of aromatic nitrogens is 3. The first kappa shape index (κ1) is 17.8. The van der Waals surface area contributed by atoms with Crippen LogP contribution in [0.4, 0.5) is 0 Å². The molecule has 0 radical (unpaired) electrons. The van der Waals surface area contributed by atoms with Crippen molar-refractivity contribution >= 4 is 28.1 Å². The highest BCUT2D eigenvalue weighted by Gasteiger charge is 2.15. The zero-order chi connectivity index (χ0) is 16.8. The van der Waals surface area contributed by atoms with E-state index in [9.17, 15) is 0 Å². The van der Waals surface area contributed by atoms with Crippen molar-refractivity contribution in [3.63, 3.8) is 0 Å². The molecule has 23 heavy (non-hydrogen) atoms. The predicted octanol–water partition coefficient (Wildman–Crippen LogP) is 3.81. The molecule has 1 aromatic heterocycles. The Labute approximate surface area is 149 Å². The lowest BCUT2D eigenvalue weighted by molar-refractivity contribution is 0.291. The van der Waals surface area contributed by atoms with Crippen LogP contribution in [-0.4, -0.2) is 28.6 Å². The van der Waals surface area contributed by atoms with Gasteiger partial charge in [-0.3, -0.25) is 5.10 Å². The second kappa shape index (κ2) is 8.35. The number of nitrogens with zero attached hydrogens (tertiary/aromatic N) is 2. The summed E-state index contributed by atoms with van der Waals surface area (Å²) < 4.78 is 14.6. The molecule has 0 spiro atoms. The third-order valence-electron chi connectivity index (χ3n) is 3.31. The van der Waals surface area contributed by atoms with E-state index in [1.807, 2.05) is 19.1 Å². The molecule has 2 aromatic rings. The normalized spacial score (nSPS) is 10.6. The van der Waals surface area contributed by atoms with Crippen molar-refractivity contribution in [1.29, 1.82) is 0 Å². The highest BCUT2D eigenvalue weighted by Crippen LogP contribution is 2.36. The molecule has 0 bridgehead atoms. The zero-order valence-electron chi connectivity index (χ0n) is 13.5. The first-order valence-electron chi connectivity index (χ1n) is 7.50. The summed E-state index contributed by atoms with van der Waals surface area (Å²) in [7, 11) is 1.64. The van der Waals surface area contributed by atoms with Gasteiger partial charge >= 0.3 is 0 Å². The highest BCUT2D eigenvalue weighted by atomic mass is 79.9. The van der Waals surface area contributed by atoms with Gasteiger partial charge in [-0.1, -0.05) is 29.8 Å². The molecule has 8 heteroatoms. The fourth-order valence-electron chi connectivity index (χ4n) is 2.16. The Morgan fingerprint density at radius 2 is 2.17 bits per heavy atom. The van der Waals surface area contributed by atoms with E-state index in [-0.39, 0.29) is 0 Å².